The van der Waals surface area contributed by atoms with Crippen LogP contribution in [-0.4, -0.2) is 32.4 Å². The zero-order valence-corrected chi connectivity index (χ0v) is 6.97. The van der Waals surface area contributed by atoms with Crippen LogP contribution in [0.15, 0.2) is 5.10 Å². The number of nitrogens with zero attached hydrogens (tertiary/aromatic N) is 2. The second-order valence-corrected chi connectivity index (χ2v) is 2.40. The van der Waals surface area contributed by atoms with Gasteiger partial charge >= 0.3 is 0 Å². The zero-order valence-electron chi connectivity index (χ0n) is 6.15. The molecule has 0 aliphatic rings. The van der Waals surface area contributed by atoms with E-state index in [-0.39, 0.29) is 0 Å². The van der Waals surface area contributed by atoms with Gasteiger partial charge in [-0.05, 0) is 13.8 Å². The van der Waals surface area contributed by atoms with Crippen molar-refractivity contribution in [1.82, 2.24) is 5.01 Å². The minimum atomic E-state index is -1.92. The van der Waals surface area contributed by atoms with Crippen molar-refractivity contribution < 1.29 is 8.76 Å². The maximum absolute atomic E-state index is 10.1. The van der Waals surface area contributed by atoms with Crippen molar-refractivity contribution in [3.8, 4) is 0 Å². The van der Waals surface area contributed by atoms with Gasteiger partial charge in [-0.3, -0.25) is 5.01 Å². The average Bonchev–Trinajstić information content (AvgIpc) is 1.90. The SMILES string of the molecule is CCN(CC)N=CS(=O)O. The van der Waals surface area contributed by atoms with Gasteiger partial charge in [0.2, 0.25) is 0 Å². The quantitative estimate of drug-likeness (QED) is 0.285. The molecule has 0 aliphatic carbocycles. The molecule has 4 nitrogen and oxygen atoms in total. The van der Waals surface area contributed by atoms with Crippen molar-refractivity contribution in [2.45, 2.75) is 13.8 Å². The van der Waals surface area contributed by atoms with Gasteiger partial charge in [0.25, 0.3) is 0 Å². The molecule has 1 N–H and O–H groups in total. The van der Waals surface area contributed by atoms with Gasteiger partial charge in [-0.25, -0.2) is 4.21 Å². The monoisotopic (exact) mass is 164 g/mol. The highest BCUT2D eigenvalue weighted by Gasteiger charge is 1.90. The van der Waals surface area contributed by atoms with Gasteiger partial charge in [-0.2, -0.15) is 5.10 Å². The molecule has 10 heavy (non-hydrogen) atoms. The molecular weight excluding hydrogens is 152 g/mol. The van der Waals surface area contributed by atoms with Crippen LogP contribution in [0.3, 0.4) is 0 Å². The highest BCUT2D eigenvalue weighted by atomic mass is 32.2. The summed E-state index contributed by atoms with van der Waals surface area (Å²) in [4.78, 5) is 0. The lowest BCUT2D eigenvalue weighted by Crippen LogP contribution is -2.16. The van der Waals surface area contributed by atoms with E-state index in [1.807, 2.05) is 13.8 Å². The molecular formula is C5H12N2O2S. The van der Waals surface area contributed by atoms with Gasteiger partial charge in [-0.15, -0.1) is 0 Å². The normalized spacial score (nSPS) is 13.9. The molecule has 60 valence electrons. The third kappa shape index (κ3) is 4.46. The van der Waals surface area contributed by atoms with E-state index < -0.39 is 11.1 Å². The van der Waals surface area contributed by atoms with Gasteiger partial charge in [0, 0.05) is 13.1 Å². The molecule has 5 heteroatoms. The second-order valence-electron chi connectivity index (χ2n) is 1.64. The summed E-state index contributed by atoms with van der Waals surface area (Å²) in [5, 5.41) is 5.41. The third-order valence-corrected chi connectivity index (χ3v) is 1.31. The van der Waals surface area contributed by atoms with Gasteiger partial charge in [0.05, 0.1) is 0 Å². The molecule has 0 bridgehead atoms. The fourth-order valence-electron chi connectivity index (χ4n) is 0.494. The van der Waals surface area contributed by atoms with Crippen LogP contribution in [-0.2, 0) is 11.1 Å². The van der Waals surface area contributed by atoms with Gasteiger partial charge < -0.3 is 4.55 Å². The molecule has 0 fully saturated rings. The van der Waals surface area contributed by atoms with E-state index in [0.29, 0.717) is 0 Å². The first-order chi connectivity index (χ1) is 4.70. The molecule has 0 aromatic rings. The molecule has 1 atom stereocenters. The zero-order chi connectivity index (χ0) is 7.98. The van der Waals surface area contributed by atoms with Gasteiger partial charge in [-0.1, -0.05) is 0 Å². The van der Waals surface area contributed by atoms with Crippen molar-refractivity contribution in [2.75, 3.05) is 13.1 Å². The van der Waals surface area contributed by atoms with Crippen molar-refractivity contribution in [1.29, 1.82) is 0 Å². The highest BCUT2D eigenvalue weighted by Crippen LogP contribution is 1.85. The Hall–Kier alpha value is -0.420. The largest absolute Gasteiger partial charge is 0.301 e. The standard InChI is InChI=1S/C5H12N2O2S/c1-3-7(4-2)6-5-10(8)9/h5H,3-4H2,1-2H3,(H,8,9). The number of hydrogen-bond acceptors (Lipinski definition) is 3. The summed E-state index contributed by atoms with van der Waals surface area (Å²) in [6.45, 7) is 5.37. The summed E-state index contributed by atoms with van der Waals surface area (Å²) in [5.74, 6) is 0. The van der Waals surface area contributed by atoms with E-state index in [1.54, 1.807) is 5.01 Å². The minimum absolute atomic E-state index is 0.754. The molecule has 0 aromatic carbocycles. The summed E-state index contributed by atoms with van der Waals surface area (Å²) in [6, 6.07) is 0. The minimum Gasteiger partial charge on any atom is -0.301 e. The third-order valence-electron chi connectivity index (χ3n) is 1.03. The van der Waals surface area contributed by atoms with E-state index >= 15 is 0 Å². The van der Waals surface area contributed by atoms with E-state index in [1.165, 1.54) is 0 Å². The average molecular weight is 164 g/mol. The maximum Gasteiger partial charge on any atom is 0.199 e. The predicted octanol–water partition coefficient (Wildman–Crippen LogP) is 0.493. The molecule has 0 rings (SSSR count). The van der Waals surface area contributed by atoms with Crippen molar-refractivity contribution in [3.05, 3.63) is 0 Å². The summed E-state index contributed by atoms with van der Waals surface area (Å²) >= 11 is -1.92. The van der Waals surface area contributed by atoms with Crippen molar-refractivity contribution >= 4 is 16.6 Å². The smallest absolute Gasteiger partial charge is 0.199 e. The maximum atomic E-state index is 10.1. The van der Waals surface area contributed by atoms with Gasteiger partial charge in [0.15, 0.2) is 11.1 Å². The highest BCUT2D eigenvalue weighted by molar-refractivity contribution is 7.93. The Morgan fingerprint density at radius 3 is 2.40 bits per heavy atom. The van der Waals surface area contributed by atoms with Crippen LogP contribution in [0.5, 0.6) is 0 Å². The topological polar surface area (TPSA) is 52.9 Å². The first-order valence-corrected chi connectivity index (χ1v) is 4.26. The Morgan fingerprint density at radius 1 is 1.60 bits per heavy atom. The fraction of sp³-hybridized carbons (Fsp3) is 0.800. The molecule has 1 unspecified atom stereocenters. The second kappa shape index (κ2) is 5.37. The van der Waals surface area contributed by atoms with Gasteiger partial charge in [0.1, 0.15) is 5.55 Å². The van der Waals surface area contributed by atoms with Crippen LogP contribution in [0.2, 0.25) is 0 Å². The summed E-state index contributed by atoms with van der Waals surface area (Å²) in [6.07, 6.45) is 0. The number of rotatable bonds is 4. The van der Waals surface area contributed by atoms with E-state index in [0.717, 1.165) is 18.6 Å². The van der Waals surface area contributed by atoms with Crippen LogP contribution >= 0.6 is 0 Å². The van der Waals surface area contributed by atoms with E-state index in [9.17, 15) is 4.21 Å². The number of hydrogen-bond donors (Lipinski definition) is 1. The molecule has 0 aromatic heterocycles. The Morgan fingerprint density at radius 2 is 2.10 bits per heavy atom. The molecule has 0 amide bonds. The summed E-state index contributed by atoms with van der Waals surface area (Å²) in [5.41, 5.74) is 1.01. The van der Waals surface area contributed by atoms with Crippen LogP contribution in [0.4, 0.5) is 0 Å². The van der Waals surface area contributed by atoms with Crippen LogP contribution in [0.1, 0.15) is 13.8 Å². The van der Waals surface area contributed by atoms with Crippen LogP contribution in [0, 0.1) is 0 Å². The Labute approximate surface area is 63.2 Å². The first-order valence-electron chi connectivity index (χ1n) is 3.09. The lowest BCUT2D eigenvalue weighted by Gasteiger charge is -2.11. The van der Waals surface area contributed by atoms with Crippen LogP contribution < -0.4 is 0 Å². The van der Waals surface area contributed by atoms with Crippen molar-refractivity contribution in [3.63, 3.8) is 0 Å². The number of hydrazone groups is 1. The summed E-state index contributed by atoms with van der Waals surface area (Å²) < 4.78 is 18.4. The Bertz CT molecular complexity index is 134. The Balaban J connectivity index is 3.72. The molecule has 0 radical (unpaired) electrons. The molecule has 0 heterocycles. The lowest BCUT2D eigenvalue weighted by atomic mass is 10.6. The molecule has 0 saturated carbocycles. The molecule has 0 aliphatic heterocycles. The van der Waals surface area contributed by atoms with E-state index in [2.05, 4.69) is 5.10 Å². The first kappa shape index (κ1) is 9.58. The molecule has 0 spiro atoms. The molecule has 0 saturated heterocycles. The predicted molar refractivity (Wildman–Crippen MR) is 42.2 cm³/mol. The summed E-state index contributed by atoms with van der Waals surface area (Å²) in [7, 11) is 0. The fourth-order valence-corrected chi connectivity index (χ4v) is 0.708. The Kier molecular flexibility index (Phi) is 5.15. The van der Waals surface area contributed by atoms with Crippen LogP contribution in [0.25, 0.3) is 0 Å². The van der Waals surface area contributed by atoms with E-state index in [4.69, 9.17) is 4.55 Å². The van der Waals surface area contributed by atoms with Crippen molar-refractivity contribution in [2.24, 2.45) is 5.10 Å². The lowest BCUT2D eigenvalue weighted by molar-refractivity contribution is 0.324.